The summed E-state index contributed by atoms with van der Waals surface area (Å²) in [6.07, 6.45) is 4.09. The van der Waals surface area contributed by atoms with Crippen LogP contribution in [-0.4, -0.2) is 11.3 Å². The van der Waals surface area contributed by atoms with E-state index in [1.54, 1.807) is 6.08 Å². The molecule has 84 valence electrons. The second-order valence-electron chi connectivity index (χ2n) is 4.51. The highest BCUT2D eigenvalue weighted by atomic mass is 35.5. The average Bonchev–Trinajstić information content (AvgIpc) is 2.53. The van der Waals surface area contributed by atoms with E-state index in [1.165, 1.54) is 11.1 Å². The summed E-state index contributed by atoms with van der Waals surface area (Å²) >= 11 is 0. The van der Waals surface area contributed by atoms with Gasteiger partial charge in [0.05, 0.1) is 0 Å². The van der Waals surface area contributed by atoms with Gasteiger partial charge in [0, 0.05) is 12.0 Å². The largest absolute Gasteiger partial charge is 0.321 e. The van der Waals surface area contributed by atoms with Gasteiger partial charge in [-0.15, -0.1) is 12.4 Å². The third-order valence-electron chi connectivity index (χ3n) is 3.48. The Kier molecular flexibility index (Phi) is 2.64. The van der Waals surface area contributed by atoms with Gasteiger partial charge in [0.2, 0.25) is 0 Å². The highest BCUT2D eigenvalue weighted by molar-refractivity contribution is 6.06. The van der Waals surface area contributed by atoms with Crippen molar-refractivity contribution in [2.24, 2.45) is 5.73 Å². The molecular weight excluding hydrogens is 222 g/mol. The van der Waals surface area contributed by atoms with Crippen LogP contribution in [0.1, 0.15) is 24.0 Å². The zero-order valence-electron chi connectivity index (χ0n) is 8.90. The molecule has 0 radical (unpaired) electrons. The number of carbonyl (C=O) groups excluding carboxylic acids is 1. The molecule has 0 saturated carbocycles. The Morgan fingerprint density at radius 3 is 2.81 bits per heavy atom. The van der Waals surface area contributed by atoms with Crippen LogP contribution in [0.2, 0.25) is 0 Å². The maximum Gasteiger partial charge on any atom is 0.158 e. The first-order valence-electron chi connectivity index (χ1n) is 5.31. The molecule has 0 bridgehead atoms. The Hall–Kier alpha value is -1.12. The number of fused-ring (bicyclic) bond motifs is 3. The lowest BCUT2D eigenvalue weighted by molar-refractivity contribution is -0.114. The fourth-order valence-corrected chi connectivity index (χ4v) is 2.69. The molecule has 0 amide bonds. The molecule has 0 heterocycles. The molecule has 3 rings (SSSR count). The quantitative estimate of drug-likeness (QED) is 0.749. The molecule has 2 N–H and O–H groups in total. The van der Waals surface area contributed by atoms with E-state index in [2.05, 4.69) is 12.1 Å². The minimum absolute atomic E-state index is 0. The van der Waals surface area contributed by atoms with Gasteiger partial charge >= 0.3 is 0 Å². The van der Waals surface area contributed by atoms with Gasteiger partial charge in [-0.1, -0.05) is 24.3 Å². The molecule has 0 aliphatic heterocycles. The van der Waals surface area contributed by atoms with Crippen molar-refractivity contribution in [3.63, 3.8) is 0 Å². The van der Waals surface area contributed by atoms with Crippen molar-refractivity contribution >= 4 is 23.8 Å². The number of allylic oxidation sites excluding steroid dienone is 1. The van der Waals surface area contributed by atoms with Gasteiger partial charge in [0.25, 0.3) is 0 Å². The number of hydrogen-bond donors (Lipinski definition) is 1. The molecule has 0 fully saturated rings. The highest BCUT2D eigenvalue weighted by Crippen LogP contribution is 2.42. The van der Waals surface area contributed by atoms with E-state index < -0.39 is 0 Å². The van der Waals surface area contributed by atoms with Crippen molar-refractivity contribution in [1.82, 2.24) is 0 Å². The summed E-state index contributed by atoms with van der Waals surface area (Å²) in [6, 6.07) is 8.24. The van der Waals surface area contributed by atoms with E-state index >= 15 is 0 Å². The van der Waals surface area contributed by atoms with E-state index in [-0.39, 0.29) is 23.7 Å². The number of benzene rings is 1. The van der Waals surface area contributed by atoms with Crippen LogP contribution in [0.4, 0.5) is 0 Å². The first-order chi connectivity index (χ1) is 7.19. The monoisotopic (exact) mass is 235 g/mol. The van der Waals surface area contributed by atoms with Crippen LogP contribution in [0, 0.1) is 0 Å². The Bertz CT molecular complexity index is 481. The normalized spacial score (nSPS) is 26.6. The fourth-order valence-electron chi connectivity index (χ4n) is 2.69. The van der Waals surface area contributed by atoms with Crippen LogP contribution in [0.15, 0.2) is 30.3 Å². The average molecular weight is 236 g/mol. The molecule has 0 spiro atoms. The van der Waals surface area contributed by atoms with Gasteiger partial charge in [-0.25, -0.2) is 0 Å². The number of rotatable bonds is 0. The van der Waals surface area contributed by atoms with Gasteiger partial charge in [0.1, 0.15) is 0 Å². The number of ketones is 1. The molecule has 1 atom stereocenters. The Labute approximate surface area is 101 Å². The molecule has 1 aromatic carbocycles. The summed E-state index contributed by atoms with van der Waals surface area (Å²) < 4.78 is 0. The minimum atomic E-state index is -0.383. The molecule has 2 aliphatic rings. The maximum atomic E-state index is 11.5. The van der Waals surface area contributed by atoms with Crippen LogP contribution in [0.25, 0.3) is 5.57 Å². The second-order valence-corrected chi connectivity index (χ2v) is 4.51. The van der Waals surface area contributed by atoms with Crippen LogP contribution in [0.5, 0.6) is 0 Å². The van der Waals surface area contributed by atoms with Crippen molar-refractivity contribution in [2.45, 2.75) is 24.8 Å². The summed E-state index contributed by atoms with van der Waals surface area (Å²) in [5.74, 6) is 0.171. The summed E-state index contributed by atoms with van der Waals surface area (Å²) in [5, 5.41) is 0. The molecule has 1 aromatic rings. The zero-order chi connectivity index (χ0) is 10.5. The van der Waals surface area contributed by atoms with Crippen molar-refractivity contribution in [3.05, 3.63) is 41.5 Å². The predicted molar refractivity (Wildman–Crippen MR) is 66.5 cm³/mol. The van der Waals surface area contributed by atoms with Gasteiger partial charge in [-0.2, -0.15) is 0 Å². The van der Waals surface area contributed by atoms with Gasteiger partial charge < -0.3 is 5.73 Å². The van der Waals surface area contributed by atoms with E-state index in [0.717, 1.165) is 18.4 Å². The zero-order valence-corrected chi connectivity index (χ0v) is 9.72. The molecular formula is C13H14ClNO. The predicted octanol–water partition coefficient (Wildman–Crippen LogP) is 2.11. The second kappa shape index (κ2) is 3.72. The number of halogens is 1. The summed E-state index contributed by atoms with van der Waals surface area (Å²) in [6.45, 7) is 0. The molecule has 0 aromatic heterocycles. The topological polar surface area (TPSA) is 43.1 Å². The molecule has 1 unspecified atom stereocenters. The van der Waals surface area contributed by atoms with Crippen LogP contribution in [-0.2, 0) is 11.2 Å². The van der Waals surface area contributed by atoms with E-state index in [9.17, 15) is 4.79 Å². The van der Waals surface area contributed by atoms with Crippen molar-refractivity contribution in [2.75, 3.05) is 0 Å². The van der Waals surface area contributed by atoms with E-state index in [4.69, 9.17) is 5.73 Å². The van der Waals surface area contributed by atoms with Crippen molar-refractivity contribution < 1.29 is 4.79 Å². The Morgan fingerprint density at radius 1 is 1.25 bits per heavy atom. The van der Waals surface area contributed by atoms with Gasteiger partial charge in [0.15, 0.2) is 5.78 Å². The van der Waals surface area contributed by atoms with Crippen LogP contribution >= 0.6 is 12.4 Å². The lowest BCUT2D eigenvalue weighted by Gasteiger charge is -2.33. The van der Waals surface area contributed by atoms with E-state index in [0.29, 0.717) is 6.42 Å². The van der Waals surface area contributed by atoms with Gasteiger partial charge in [-0.05, 0) is 35.6 Å². The first-order valence-corrected chi connectivity index (χ1v) is 5.31. The molecule has 16 heavy (non-hydrogen) atoms. The molecule has 2 aliphatic carbocycles. The molecule has 3 heteroatoms. The number of hydrogen-bond acceptors (Lipinski definition) is 2. The molecule has 2 nitrogen and oxygen atoms in total. The summed E-state index contributed by atoms with van der Waals surface area (Å²) in [5.41, 5.74) is 9.44. The Morgan fingerprint density at radius 2 is 2.00 bits per heavy atom. The smallest absolute Gasteiger partial charge is 0.158 e. The number of aryl methyl sites for hydroxylation is 1. The SMILES string of the molecule is Cl.NC12CCc3ccccc3C1=CC(=O)C2. The van der Waals surface area contributed by atoms with Gasteiger partial charge in [-0.3, -0.25) is 4.79 Å². The molecule has 0 saturated heterocycles. The first kappa shape index (κ1) is 11.4. The third kappa shape index (κ3) is 1.49. The highest BCUT2D eigenvalue weighted by Gasteiger charge is 2.40. The van der Waals surface area contributed by atoms with E-state index in [1.807, 2.05) is 12.1 Å². The Balaban J connectivity index is 0.000000963. The van der Waals surface area contributed by atoms with Crippen LogP contribution in [0.3, 0.4) is 0 Å². The van der Waals surface area contributed by atoms with Crippen molar-refractivity contribution in [1.29, 1.82) is 0 Å². The standard InChI is InChI=1S/C13H13NO.ClH/c14-13-6-5-9-3-1-2-4-11(9)12(13)7-10(15)8-13;/h1-4,7H,5-6,8,14H2;1H. The van der Waals surface area contributed by atoms with Crippen molar-refractivity contribution in [3.8, 4) is 0 Å². The number of carbonyl (C=O) groups is 1. The summed E-state index contributed by atoms with van der Waals surface area (Å²) in [4.78, 5) is 11.5. The summed E-state index contributed by atoms with van der Waals surface area (Å²) in [7, 11) is 0. The third-order valence-corrected chi connectivity index (χ3v) is 3.48. The fraction of sp³-hybridized carbons (Fsp3) is 0.308. The lowest BCUT2D eigenvalue weighted by Crippen LogP contribution is -2.42. The minimum Gasteiger partial charge on any atom is -0.321 e. The van der Waals surface area contributed by atoms with Crippen LogP contribution < -0.4 is 5.73 Å². The number of nitrogens with two attached hydrogens (primary N) is 1. The maximum absolute atomic E-state index is 11.5. The lowest BCUT2D eigenvalue weighted by atomic mass is 9.76.